The summed E-state index contributed by atoms with van der Waals surface area (Å²) in [5.74, 6) is 0.747. The minimum Gasteiger partial charge on any atom is -0.393 e. The lowest BCUT2D eigenvalue weighted by Gasteiger charge is -2.33. The monoisotopic (exact) mass is 328 g/mol. The van der Waals surface area contributed by atoms with Gasteiger partial charge in [-0.2, -0.15) is 0 Å². The van der Waals surface area contributed by atoms with Gasteiger partial charge in [0, 0.05) is 4.47 Å². The minimum absolute atomic E-state index is 0.167. The van der Waals surface area contributed by atoms with E-state index in [4.69, 9.17) is 0 Å². The van der Waals surface area contributed by atoms with Gasteiger partial charge < -0.3 is 5.11 Å². The first-order valence-electron chi connectivity index (χ1n) is 7.22. The molecule has 3 atom stereocenters. The normalized spacial score (nSPS) is 27.5. The van der Waals surface area contributed by atoms with Crippen LogP contribution in [0.5, 0.6) is 0 Å². The lowest BCUT2D eigenvalue weighted by atomic mass is 9.75. The molecule has 1 aromatic carbocycles. The number of halogens is 2. The average Bonchev–Trinajstić information content (AvgIpc) is 2.37. The fourth-order valence-corrected chi connectivity index (χ4v) is 3.54. The van der Waals surface area contributed by atoms with Crippen LogP contribution in [0.2, 0.25) is 0 Å². The molecule has 0 aliphatic heterocycles. The number of aliphatic hydroxyl groups excluding tert-OH is 1. The molecule has 0 heterocycles. The zero-order chi connectivity index (χ0) is 13.8. The van der Waals surface area contributed by atoms with E-state index in [2.05, 4.69) is 22.9 Å². The summed E-state index contributed by atoms with van der Waals surface area (Å²) in [6.45, 7) is 2.20. The van der Waals surface area contributed by atoms with E-state index < -0.39 is 0 Å². The lowest BCUT2D eigenvalue weighted by Crippen LogP contribution is -2.30. The highest BCUT2D eigenvalue weighted by atomic mass is 79.9. The Kier molecular flexibility index (Phi) is 5.40. The predicted octanol–water partition coefficient (Wildman–Crippen LogP) is 4.71. The van der Waals surface area contributed by atoms with Crippen molar-refractivity contribution in [2.45, 2.75) is 51.6 Å². The molecule has 1 N–H and O–H groups in total. The van der Waals surface area contributed by atoms with E-state index in [0.717, 1.165) is 29.3 Å². The summed E-state index contributed by atoms with van der Waals surface area (Å²) in [7, 11) is 0. The van der Waals surface area contributed by atoms with Gasteiger partial charge in [0.1, 0.15) is 5.82 Å². The first-order valence-corrected chi connectivity index (χ1v) is 8.01. The predicted molar refractivity (Wildman–Crippen MR) is 79.5 cm³/mol. The van der Waals surface area contributed by atoms with Crippen molar-refractivity contribution < 1.29 is 9.50 Å². The Labute approximate surface area is 123 Å². The molecular weight excluding hydrogens is 307 g/mol. The van der Waals surface area contributed by atoms with Crippen molar-refractivity contribution in [1.29, 1.82) is 0 Å². The number of rotatable bonds is 4. The summed E-state index contributed by atoms with van der Waals surface area (Å²) in [5, 5.41) is 10.1. The van der Waals surface area contributed by atoms with E-state index in [0.29, 0.717) is 12.3 Å². The maximum atomic E-state index is 13.9. The van der Waals surface area contributed by atoms with Crippen molar-refractivity contribution in [3.8, 4) is 0 Å². The van der Waals surface area contributed by atoms with Gasteiger partial charge in [-0.25, -0.2) is 4.39 Å². The SMILES string of the molecule is CCCC1CCC(O)C(Cc2ccc(Br)cc2F)C1. The van der Waals surface area contributed by atoms with Crippen LogP contribution in [0.15, 0.2) is 22.7 Å². The first-order chi connectivity index (χ1) is 9.10. The maximum absolute atomic E-state index is 13.9. The van der Waals surface area contributed by atoms with Crippen molar-refractivity contribution in [2.75, 3.05) is 0 Å². The first kappa shape index (κ1) is 15.0. The van der Waals surface area contributed by atoms with Gasteiger partial charge in [-0.15, -0.1) is 0 Å². The second-order valence-electron chi connectivity index (χ2n) is 5.74. The van der Waals surface area contributed by atoms with Crippen LogP contribution in [0.25, 0.3) is 0 Å². The molecule has 0 spiro atoms. The van der Waals surface area contributed by atoms with Gasteiger partial charge in [-0.1, -0.05) is 41.8 Å². The zero-order valence-corrected chi connectivity index (χ0v) is 13.0. The van der Waals surface area contributed by atoms with E-state index in [1.807, 2.05) is 12.1 Å². The van der Waals surface area contributed by atoms with Gasteiger partial charge in [-0.3, -0.25) is 0 Å². The minimum atomic E-state index is -0.267. The van der Waals surface area contributed by atoms with Gasteiger partial charge in [0.25, 0.3) is 0 Å². The summed E-state index contributed by atoms with van der Waals surface area (Å²) < 4.78 is 14.6. The topological polar surface area (TPSA) is 20.2 Å². The highest BCUT2D eigenvalue weighted by Gasteiger charge is 2.29. The maximum Gasteiger partial charge on any atom is 0.127 e. The molecule has 106 valence electrons. The summed E-state index contributed by atoms with van der Waals surface area (Å²) >= 11 is 3.27. The van der Waals surface area contributed by atoms with Gasteiger partial charge in [-0.05, 0) is 55.2 Å². The fourth-order valence-electron chi connectivity index (χ4n) is 3.20. The standard InChI is InChI=1S/C16H22BrFO/c1-2-3-11-4-7-16(19)13(8-11)9-12-5-6-14(17)10-15(12)18/h5-6,10-11,13,16,19H,2-4,7-9H2,1H3. The number of aliphatic hydroxyl groups is 1. The zero-order valence-electron chi connectivity index (χ0n) is 11.4. The van der Waals surface area contributed by atoms with Crippen LogP contribution >= 0.6 is 15.9 Å². The Balaban J connectivity index is 2.03. The van der Waals surface area contributed by atoms with Crippen LogP contribution in [0.1, 0.15) is 44.6 Å². The smallest absolute Gasteiger partial charge is 0.127 e. The van der Waals surface area contributed by atoms with Gasteiger partial charge >= 0.3 is 0 Å². The van der Waals surface area contributed by atoms with Gasteiger partial charge in [0.2, 0.25) is 0 Å². The van der Waals surface area contributed by atoms with E-state index in [9.17, 15) is 9.50 Å². The van der Waals surface area contributed by atoms with Crippen molar-refractivity contribution in [3.05, 3.63) is 34.1 Å². The molecule has 0 aromatic heterocycles. The summed E-state index contributed by atoms with van der Waals surface area (Å²) in [6.07, 6.45) is 5.83. The molecule has 1 aliphatic carbocycles. The van der Waals surface area contributed by atoms with Crippen LogP contribution in [0.4, 0.5) is 4.39 Å². The molecule has 0 saturated heterocycles. The fraction of sp³-hybridized carbons (Fsp3) is 0.625. The Morgan fingerprint density at radius 2 is 2.16 bits per heavy atom. The summed E-state index contributed by atoms with van der Waals surface area (Å²) in [6, 6.07) is 5.21. The van der Waals surface area contributed by atoms with Crippen molar-refractivity contribution in [3.63, 3.8) is 0 Å². The quantitative estimate of drug-likeness (QED) is 0.848. The Bertz CT molecular complexity index is 421. The van der Waals surface area contributed by atoms with Crippen molar-refractivity contribution in [1.82, 2.24) is 0 Å². The van der Waals surface area contributed by atoms with Gasteiger partial charge in [0.05, 0.1) is 6.10 Å². The number of benzene rings is 1. The molecule has 1 fully saturated rings. The molecule has 2 rings (SSSR count). The highest BCUT2D eigenvalue weighted by molar-refractivity contribution is 9.10. The largest absolute Gasteiger partial charge is 0.393 e. The molecule has 0 amide bonds. The van der Waals surface area contributed by atoms with Crippen LogP contribution in [-0.4, -0.2) is 11.2 Å². The summed E-state index contributed by atoms with van der Waals surface area (Å²) in [5.41, 5.74) is 0.726. The van der Waals surface area contributed by atoms with Gasteiger partial charge in [0.15, 0.2) is 0 Å². The second kappa shape index (κ2) is 6.85. The highest BCUT2D eigenvalue weighted by Crippen LogP contribution is 2.34. The Morgan fingerprint density at radius 3 is 2.84 bits per heavy atom. The molecule has 1 aromatic rings. The Morgan fingerprint density at radius 1 is 1.37 bits per heavy atom. The second-order valence-corrected chi connectivity index (χ2v) is 6.65. The molecule has 1 nitrogen and oxygen atoms in total. The van der Waals surface area contributed by atoms with Crippen molar-refractivity contribution in [2.24, 2.45) is 11.8 Å². The van der Waals surface area contributed by atoms with Crippen molar-refractivity contribution >= 4 is 15.9 Å². The van der Waals surface area contributed by atoms with Crippen LogP contribution in [-0.2, 0) is 6.42 Å². The van der Waals surface area contributed by atoms with Crippen LogP contribution in [0.3, 0.4) is 0 Å². The molecule has 3 heteroatoms. The molecule has 0 radical (unpaired) electrons. The van der Waals surface area contributed by atoms with Crippen LogP contribution in [0, 0.1) is 17.7 Å². The average molecular weight is 329 g/mol. The van der Waals surface area contributed by atoms with E-state index in [1.165, 1.54) is 18.9 Å². The molecule has 19 heavy (non-hydrogen) atoms. The molecule has 1 aliphatic rings. The lowest BCUT2D eigenvalue weighted by molar-refractivity contribution is 0.0459. The van der Waals surface area contributed by atoms with Crippen LogP contribution < -0.4 is 0 Å². The van der Waals surface area contributed by atoms with E-state index in [-0.39, 0.29) is 17.8 Å². The third kappa shape index (κ3) is 4.03. The molecular formula is C16H22BrFO. The summed E-state index contributed by atoms with van der Waals surface area (Å²) in [4.78, 5) is 0. The molecule has 0 bridgehead atoms. The molecule has 3 unspecified atom stereocenters. The number of hydrogen-bond donors (Lipinski definition) is 1. The Hall–Kier alpha value is -0.410. The third-order valence-corrected chi connectivity index (χ3v) is 4.74. The molecule has 1 saturated carbocycles. The van der Waals surface area contributed by atoms with E-state index in [1.54, 1.807) is 0 Å². The third-order valence-electron chi connectivity index (χ3n) is 4.25. The number of hydrogen-bond acceptors (Lipinski definition) is 1. The van der Waals surface area contributed by atoms with E-state index >= 15 is 0 Å².